The van der Waals surface area contributed by atoms with Crippen LogP contribution < -0.4 is 10.6 Å². The lowest BCUT2D eigenvalue weighted by atomic mass is 10.2. The van der Waals surface area contributed by atoms with Crippen molar-refractivity contribution in [3.05, 3.63) is 65.9 Å². The lowest BCUT2D eigenvalue weighted by molar-refractivity contribution is -0.113. The Hall–Kier alpha value is -3.37. The van der Waals surface area contributed by atoms with Crippen LogP contribution in [0.2, 0.25) is 0 Å². The molecule has 0 aliphatic carbocycles. The topological polar surface area (TPSA) is 102 Å². The third kappa shape index (κ3) is 4.61. The van der Waals surface area contributed by atoms with Crippen LogP contribution in [0.25, 0.3) is 10.7 Å². The Kier molecular flexibility index (Phi) is 5.96. The Balaban J connectivity index is 1.34. The van der Waals surface area contributed by atoms with Crippen molar-refractivity contribution in [1.82, 2.24) is 14.8 Å². The van der Waals surface area contributed by atoms with Crippen molar-refractivity contribution in [1.29, 1.82) is 0 Å². The van der Waals surface area contributed by atoms with E-state index < -0.39 is 0 Å². The van der Waals surface area contributed by atoms with Gasteiger partial charge in [-0.15, -0.1) is 21.5 Å². The zero-order valence-electron chi connectivity index (χ0n) is 15.9. The van der Waals surface area contributed by atoms with Crippen molar-refractivity contribution < 1.29 is 14.0 Å². The highest BCUT2D eigenvalue weighted by atomic mass is 32.2. The quantitative estimate of drug-likeness (QED) is 0.420. The number of benzene rings is 1. The van der Waals surface area contributed by atoms with Gasteiger partial charge in [0.05, 0.1) is 16.9 Å². The number of aromatic nitrogens is 3. The van der Waals surface area contributed by atoms with Crippen LogP contribution in [0.15, 0.2) is 69.7 Å². The molecule has 10 heteroatoms. The summed E-state index contributed by atoms with van der Waals surface area (Å²) in [5.74, 6) is 0.622. The minimum absolute atomic E-state index is 0.180. The van der Waals surface area contributed by atoms with E-state index in [0.29, 0.717) is 16.5 Å². The lowest BCUT2D eigenvalue weighted by Gasteiger charge is -2.08. The number of thiophene rings is 1. The zero-order valence-corrected chi connectivity index (χ0v) is 17.5. The van der Waals surface area contributed by atoms with Crippen LogP contribution in [0, 0.1) is 0 Å². The van der Waals surface area contributed by atoms with Gasteiger partial charge in [0.15, 0.2) is 16.7 Å². The van der Waals surface area contributed by atoms with Crippen LogP contribution in [-0.4, -0.2) is 32.3 Å². The molecule has 0 atom stereocenters. The van der Waals surface area contributed by atoms with E-state index in [0.717, 1.165) is 10.7 Å². The normalized spacial score (nSPS) is 10.7. The van der Waals surface area contributed by atoms with Crippen LogP contribution >= 0.6 is 23.1 Å². The fourth-order valence-corrected chi connectivity index (χ4v) is 4.12. The van der Waals surface area contributed by atoms with E-state index in [1.807, 2.05) is 29.1 Å². The maximum Gasteiger partial charge on any atom is 0.291 e. The van der Waals surface area contributed by atoms with Crippen molar-refractivity contribution >= 4 is 46.3 Å². The standard InChI is InChI=1S/C20H17N5O3S2/c1-25-18(16-8-4-10-29-16)23-24-20(25)30-12-17(26)21-13-5-2-6-14(11-13)22-19(27)15-7-3-9-28-15/h2-11H,12H2,1H3,(H,21,26)(H,22,27). The SMILES string of the molecule is Cn1c(SCC(=O)Nc2cccc(NC(=O)c3ccco3)c2)nnc1-c1cccs1. The molecule has 2 amide bonds. The van der Waals surface area contributed by atoms with Crippen molar-refractivity contribution in [3.8, 4) is 10.7 Å². The molecule has 0 aliphatic heterocycles. The highest BCUT2D eigenvalue weighted by Gasteiger charge is 2.14. The maximum atomic E-state index is 12.4. The molecule has 4 rings (SSSR count). The first kappa shape index (κ1) is 19.9. The van der Waals surface area contributed by atoms with E-state index >= 15 is 0 Å². The lowest BCUT2D eigenvalue weighted by Crippen LogP contribution is -2.15. The Morgan fingerprint density at radius 1 is 1.10 bits per heavy atom. The molecular weight excluding hydrogens is 422 g/mol. The van der Waals surface area contributed by atoms with Gasteiger partial charge < -0.3 is 19.6 Å². The van der Waals surface area contributed by atoms with Gasteiger partial charge >= 0.3 is 0 Å². The molecule has 0 bridgehead atoms. The molecule has 8 nitrogen and oxygen atoms in total. The average Bonchev–Trinajstić information content (AvgIpc) is 3.49. The highest BCUT2D eigenvalue weighted by Crippen LogP contribution is 2.26. The number of nitrogens with zero attached hydrogens (tertiary/aromatic N) is 3. The Labute approximate surface area is 180 Å². The second-order valence-corrected chi connectivity index (χ2v) is 8.08. The first-order valence-corrected chi connectivity index (χ1v) is 10.8. The van der Waals surface area contributed by atoms with E-state index in [2.05, 4.69) is 20.8 Å². The molecule has 4 aromatic rings. The summed E-state index contributed by atoms with van der Waals surface area (Å²) in [6, 6.07) is 14.1. The second kappa shape index (κ2) is 8.97. The smallest absolute Gasteiger partial charge is 0.291 e. The molecule has 3 aromatic heterocycles. The molecule has 3 heterocycles. The summed E-state index contributed by atoms with van der Waals surface area (Å²) in [5.41, 5.74) is 1.13. The first-order chi connectivity index (χ1) is 14.6. The molecular formula is C20H17N5O3S2. The summed E-state index contributed by atoms with van der Waals surface area (Å²) in [6.45, 7) is 0. The summed E-state index contributed by atoms with van der Waals surface area (Å²) in [6.07, 6.45) is 1.43. The van der Waals surface area contributed by atoms with Crippen LogP contribution in [0.4, 0.5) is 11.4 Å². The van der Waals surface area contributed by atoms with Gasteiger partial charge in [0.1, 0.15) is 0 Å². The van der Waals surface area contributed by atoms with E-state index in [9.17, 15) is 9.59 Å². The highest BCUT2D eigenvalue weighted by molar-refractivity contribution is 7.99. The molecule has 1 aromatic carbocycles. The van der Waals surface area contributed by atoms with E-state index in [4.69, 9.17) is 4.42 Å². The van der Waals surface area contributed by atoms with Gasteiger partial charge in [-0.25, -0.2) is 0 Å². The number of hydrogen-bond acceptors (Lipinski definition) is 7. The van der Waals surface area contributed by atoms with Crippen LogP contribution in [0.5, 0.6) is 0 Å². The zero-order chi connectivity index (χ0) is 20.9. The summed E-state index contributed by atoms with van der Waals surface area (Å²) in [4.78, 5) is 25.5. The minimum Gasteiger partial charge on any atom is -0.459 e. The van der Waals surface area contributed by atoms with Crippen molar-refractivity contribution in [2.75, 3.05) is 16.4 Å². The molecule has 0 aliphatic rings. The number of amides is 2. The van der Waals surface area contributed by atoms with E-state index in [1.54, 1.807) is 47.7 Å². The van der Waals surface area contributed by atoms with Gasteiger partial charge in [-0.2, -0.15) is 0 Å². The predicted octanol–water partition coefficient (Wildman–Crippen LogP) is 4.12. The molecule has 30 heavy (non-hydrogen) atoms. The first-order valence-electron chi connectivity index (χ1n) is 8.91. The van der Waals surface area contributed by atoms with Crippen LogP contribution in [0.1, 0.15) is 10.6 Å². The fourth-order valence-electron chi connectivity index (χ4n) is 2.66. The Morgan fingerprint density at radius 3 is 2.67 bits per heavy atom. The summed E-state index contributed by atoms with van der Waals surface area (Å²) in [7, 11) is 1.88. The van der Waals surface area contributed by atoms with E-state index in [1.165, 1.54) is 18.0 Å². The van der Waals surface area contributed by atoms with Gasteiger partial charge in [0, 0.05) is 18.4 Å². The monoisotopic (exact) mass is 439 g/mol. The summed E-state index contributed by atoms with van der Waals surface area (Å²) >= 11 is 2.89. The van der Waals surface area contributed by atoms with Gasteiger partial charge in [-0.05, 0) is 41.8 Å². The fraction of sp³-hybridized carbons (Fsp3) is 0.100. The third-order valence-corrected chi connectivity index (χ3v) is 5.94. The summed E-state index contributed by atoms with van der Waals surface area (Å²) < 4.78 is 6.94. The number of anilines is 2. The Bertz CT molecular complexity index is 1150. The number of carbonyl (C=O) groups excluding carboxylic acids is 2. The number of rotatable bonds is 7. The van der Waals surface area contributed by atoms with Gasteiger partial charge in [-0.3, -0.25) is 9.59 Å². The number of thioether (sulfide) groups is 1. The average molecular weight is 440 g/mol. The molecule has 2 N–H and O–H groups in total. The number of hydrogen-bond donors (Lipinski definition) is 2. The Morgan fingerprint density at radius 2 is 1.93 bits per heavy atom. The largest absolute Gasteiger partial charge is 0.459 e. The molecule has 0 radical (unpaired) electrons. The van der Waals surface area contributed by atoms with Crippen molar-refractivity contribution in [2.24, 2.45) is 7.05 Å². The van der Waals surface area contributed by atoms with Crippen molar-refractivity contribution in [3.63, 3.8) is 0 Å². The molecule has 0 saturated heterocycles. The molecule has 0 fully saturated rings. The van der Waals surface area contributed by atoms with Gasteiger partial charge in [0.25, 0.3) is 5.91 Å². The maximum absolute atomic E-state index is 12.4. The van der Waals surface area contributed by atoms with E-state index in [-0.39, 0.29) is 23.3 Å². The molecule has 0 saturated carbocycles. The number of furan rings is 1. The third-order valence-electron chi connectivity index (χ3n) is 4.06. The minimum atomic E-state index is -0.358. The van der Waals surface area contributed by atoms with Gasteiger partial charge in [0.2, 0.25) is 5.91 Å². The summed E-state index contributed by atoms with van der Waals surface area (Å²) in [5, 5.41) is 16.6. The number of nitrogens with one attached hydrogen (secondary N) is 2. The van der Waals surface area contributed by atoms with Gasteiger partial charge in [-0.1, -0.05) is 23.9 Å². The molecule has 152 valence electrons. The predicted molar refractivity (Wildman–Crippen MR) is 117 cm³/mol. The van der Waals surface area contributed by atoms with Crippen LogP contribution in [-0.2, 0) is 11.8 Å². The molecule has 0 spiro atoms. The number of carbonyl (C=O) groups is 2. The van der Waals surface area contributed by atoms with Crippen molar-refractivity contribution in [2.45, 2.75) is 5.16 Å². The van der Waals surface area contributed by atoms with Crippen LogP contribution in [0.3, 0.4) is 0 Å². The molecule has 0 unspecified atom stereocenters. The second-order valence-electron chi connectivity index (χ2n) is 6.19.